The lowest BCUT2D eigenvalue weighted by Crippen LogP contribution is -2.48. The van der Waals surface area contributed by atoms with E-state index in [1.54, 1.807) is 9.58 Å². The quantitative estimate of drug-likeness (QED) is 0.474. The Morgan fingerprint density at radius 2 is 2.06 bits per heavy atom. The molecule has 33 heavy (non-hydrogen) atoms. The van der Waals surface area contributed by atoms with Crippen molar-refractivity contribution in [2.24, 2.45) is 0 Å². The number of ether oxygens (including phenoxy) is 3. The van der Waals surface area contributed by atoms with Crippen molar-refractivity contribution in [2.45, 2.75) is 25.9 Å². The van der Waals surface area contributed by atoms with Crippen molar-refractivity contribution in [3.8, 4) is 5.75 Å². The molecule has 0 saturated carbocycles. The Bertz CT molecular complexity index is 1070. The summed E-state index contributed by atoms with van der Waals surface area (Å²) in [5.74, 6) is -0.544. The molecule has 0 N–H and O–H groups in total. The minimum atomic E-state index is -0.592. The first kappa shape index (κ1) is 23.2. The zero-order chi connectivity index (χ0) is 23.0. The zero-order valence-corrected chi connectivity index (χ0v) is 18.7. The molecule has 1 amide bonds. The third-order valence-electron chi connectivity index (χ3n) is 5.08. The van der Waals surface area contributed by atoms with Gasteiger partial charge in [0.2, 0.25) is 0 Å². The van der Waals surface area contributed by atoms with Crippen LogP contribution in [0.4, 0.5) is 4.39 Å². The van der Waals surface area contributed by atoms with Gasteiger partial charge in [-0.2, -0.15) is 0 Å². The van der Waals surface area contributed by atoms with Crippen molar-refractivity contribution in [1.82, 2.24) is 19.9 Å². The Morgan fingerprint density at radius 3 is 2.88 bits per heavy atom. The number of rotatable bonds is 9. The fraction of sp³-hybridized carbons (Fsp3) is 0.348. The van der Waals surface area contributed by atoms with Gasteiger partial charge < -0.3 is 19.1 Å². The third kappa shape index (κ3) is 6.74. The predicted molar refractivity (Wildman–Crippen MR) is 118 cm³/mol. The van der Waals surface area contributed by atoms with Crippen LogP contribution in [0.15, 0.2) is 54.7 Å². The summed E-state index contributed by atoms with van der Waals surface area (Å²) in [6.45, 7) is 2.39. The van der Waals surface area contributed by atoms with Gasteiger partial charge in [0.15, 0.2) is 6.61 Å². The van der Waals surface area contributed by atoms with Crippen LogP contribution < -0.4 is 4.74 Å². The lowest BCUT2D eigenvalue weighted by Gasteiger charge is -2.32. The van der Waals surface area contributed by atoms with Crippen LogP contribution in [0, 0.1) is 5.82 Å². The molecule has 2 heterocycles. The van der Waals surface area contributed by atoms with Crippen molar-refractivity contribution < 1.29 is 23.4 Å². The topological polar surface area (TPSA) is 78.7 Å². The summed E-state index contributed by atoms with van der Waals surface area (Å²) < 4.78 is 32.1. The normalized spacial score (nSPS) is 16.1. The number of carbonyl (C=O) groups is 1. The van der Waals surface area contributed by atoms with Crippen molar-refractivity contribution in [3.05, 3.63) is 76.8 Å². The van der Waals surface area contributed by atoms with Gasteiger partial charge in [-0.1, -0.05) is 47.1 Å². The van der Waals surface area contributed by atoms with Crippen LogP contribution in [0.2, 0.25) is 5.02 Å². The van der Waals surface area contributed by atoms with Gasteiger partial charge in [0.1, 0.15) is 17.3 Å². The van der Waals surface area contributed by atoms with E-state index in [9.17, 15) is 9.18 Å². The molecular weight excluding hydrogens is 451 g/mol. The molecule has 2 aromatic carbocycles. The van der Waals surface area contributed by atoms with Crippen molar-refractivity contribution >= 4 is 17.5 Å². The molecule has 0 spiro atoms. The van der Waals surface area contributed by atoms with Crippen molar-refractivity contribution in [3.63, 3.8) is 0 Å². The number of halogens is 2. The molecule has 1 aromatic heterocycles. The number of nitrogens with zero attached hydrogens (tertiary/aromatic N) is 4. The lowest BCUT2D eigenvalue weighted by molar-refractivity contribution is -0.141. The van der Waals surface area contributed by atoms with E-state index in [-0.39, 0.29) is 29.4 Å². The molecule has 3 aromatic rings. The van der Waals surface area contributed by atoms with E-state index >= 15 is 0 Å². The van der Waals surface area contributed by atoms with Crippen LogP contribution in [0.25, 0.3) is 0 Å². The maximum Gasteiger partial charge on any atom is 0.260 e. The molecule has 1 fully saturated rings. The van der Waals surface area contributed by atoms with E-state index in [0.717, 1.165) is 17.3 Å². The summed E-state index contributed by atoms with van der Waals surface area (Å²) in [5, 5.41) is 8.27. The average Bonchev–Trinajstić information content (AvgIpc) is 3.27. The summed E-state index contributed by atoms with van der Waals surface area (Å²) in [6.07, 6.45) is 1.59. The van der Waals surface area contributed by atoms with E-state index in [1.165, 1.54) is 12.1 Å². The summed E-state index contributed by atoms with van der Waals surface area (Å²) in [5.41, 5.74) is 1.81. The molecule has 1 atom stereocenters. The van der Waals surface area contributed by atoms with E-state index in [4.69, 9.17) is 25.8 Å². The third-order valence-corrected chi connectivity index (χ3v) is 5.39. The van der Waals surface area contributed by atoms with Gasteiger partial charge in [0.25, 0.3) is 5.91 Å². The Hall–Kier alpha value is -3.01. The monoisotopic (exact) mass is 474 g/mol. The van der Waals surface area contributed by atoms with Gasteiger partial charge in [-0.25, -0.2) is 9.07 Å². The van der Waals surface area contributed by atoms with E-state index in [2.05, 4.69) is 10.3 Å². The number of carbonyl (C=O) groups excluding carboxylic acids is 1. The SMILES string of the molecule is O=C(COc1ccc(Cl)c(F)c1)N1CCOC(Cn2cc(COCc3ccccc3)nn2)C1. The largest absolute Gasteiger partial charge is 0.484 e. The highest BCUT2D eigenvalue weighted by atomic mass is 35.5. The van der Waals surface area contributed by atoms with E-state index in [1.807, 2.05) is 36.5 Å². The van der Waals surface area contributed by atoms with Crippen LogP contribution in [0.5, 0.6) is 5.75 Å². The molecule has 0 radical (unpaired) electrons. The van der Waals surface area contributed by atoms with Crippen LogP contribution in [-0.4, -0.2) is 58.2 Å². The van der Waals surface area contributed by atoms with E-state index in [0.29, 0.717) is 39.5 Å². The van der Waals surface area contributed by atoms with Gasteiger partial charge in [-0.15, -0.1) is 5.10 Å². The summed E-state index contributed by atoms with van der Waals surface area (Å²) in [7, 11) is 0. The second-order valence-electron chi connectivity index (χ2n) is 7.61. The van der Waals surface area contributed by atoms with Crippen molar-refractivity contribution in [2.75, 3.05) is 26.3 Å². The fourth-order valence-electron chi connectivity index (χ4n) is 3.41. The molecule has 174 valence electrons. The molecule has 4 rings (SSSR count). The van der Waals surface area contributed by atoms with Crippen molar-refractivity contribution in [1.29, 1.82) is 0 Å². The number of morpholine rings is 1. The van der Waals surface area contributed by atoms with Crippen LogP contribution in [-0.2, 0) is 34.0 Å². The van der Waals surface area contributed by atoms with Crippen LogP contribution in [0.1, 0.15) is 11.3 Å². The first-order valence-electron chi connectivity index (χ1n) is 10.5. The number of benzene rings is 2. The summed E-state index contributed by atoms with van der Waals surface area (Å²) in [4.78, 5) is 14.2. The molecule has 1 saturated heterocycles. The minimum absolute atomic E-state index is 0.00345. The number of hydrogen-bond acceptors (Lipinski definition) is 6. The smallest absolute Gasteiger partial charge is 0.260 e. The van der Waals surface area contributed by atoms with Gasteiger partial charge in [-0.3, -0.25) is 4.79 Å². The van der Waals surface area contributed by atoms with Gasteiger partial charge in [0.05, 0.1) is 43.7 Å². The second-order valence-corrected chi connectivity index (χ2v) is 8.01. The van der Waals surface area contributed by atoms with Gasteiger partial charge in [-0.05, 0) is 17.7 Å². The molecule has 1 aliphatic heterocycles. The number of amides is 1. The predicted octanol–water partition coefficient (Wildman–Crippen LogP) is 3.09. The zero-order valence-electron chi connectivity index (χ0n) is 17.9. The Morgan fingerprint density at radius 1 is 1.21 bits per heavy atom. The lowest BCUT2D eigenvalue weighted by atomic mass is 10.2. The fourth-order valence-corrected chi connectivity index (χ4v) is 3.53. The average molecular weight is 475 g/mol. The maximum absolute atomic E-state index is 13.5. The highest BCUT2D eigenvalue weighted by Crippen LogP contribution is 2.20. The number of hydrogen-bond donors (Lipinski definition) is 0. The first-order chi connectivity index (χ1) is 16.1. The molecular formula is C23H24ClFN4O4. The summed E-state index contributed by atoms with van der Waals surface area (Å²) >= 11 is 5.66. The van der Waals surface area contributed by atoms with Crippen LogP contribution in [0.3, 0.4) is 0 Å². The Kier molecular flexibility index (Phi) is 7.87. The van der Waals surface area contributed by atoms with Gasteiger partial charge >= 0.3 is 0 Å². The molecule has 10 heteroatoms. The standard InChI is InChI=1S/C23H24ClFN4O4/c24-21-7-6-19(10-22(21)25)33-16-23(30)28-8-9-32-20(12-28)13-29-11-18(26-27-29)15-31-14-17-4-2-1-3-5-17/h1-7,10-11,20H,8-9,12-16H2. The minimum Gasteiger partial charge on any atom is -0.484 e. The molecule has 1 unspecified atom stereocenters. The highest BCUT2D eigenvalue weighted by Gasteiger charge is 2.25. The molecule has 0 aliphatic carbocycles. The maximum atomic E-state index is 13.5. The molecule has 0 bridgehead atoms. The molecule has 8 nitrogen and oxygen atoms in total. The Labute approximate surface area is 195 Å². The molecule has 1 aliphatic rings. The summed E-state index contributed by atoms with van der Waals surface area (Å²) in [6, 6.07) is 14.0. The van der Waals surface area contributed by atoms with Crippen LogP contribution >= 0.6 is 11.6 Å². The first-order valence-corrected chi connectivity index (χ1v) is 10.9. The second kappa shape index (κ2) is 11.2. The van der Waals surface area contributed by atoms with E-state index < -0.39 is 5.82 Å². The highest BCUT2D eigenvalue weighted by molar-refractivity contribution is 6.30. The number of aromatic nitrogens is 3. The van der Waals surface area contributed by atoms with Gasteiger partial charge in [0, 0.05) is 19.2 Å². The Balaban J connectivity index is 1.22.